The van der Waals surface area contributed by atoms with E-state index < -0.39 is 0 Å². The van der Waals surface area contributed by atoms with Crippen molar-refractivity contribution in [2.24, 2.45) is 0 Å². The van der Waals surface area contributed by atoms with Crippen molar-refractivity contribution in [1.82, 2.24) is 10.2 Å². The molecule has 1 heterocycles. The van der Waals surface area contributed by atoms with Crippen LogP contribution in [0.15, 0.2) is 18.2 Å². The highest BCUT2D eigenvalue weighted by atomic mass is 16.2. The van der Waals surface area contributed by atoms with E-state index in [1.807, 2.05) is 26.1 Å². The number of hydrogen-bond donors (Lipinski definition) is 2. The average molecular weight is 247 g/mol. The van der Waals surface area contributed by atoms with Crippen molar-refractivity contribution in [1.29, 1.82) is 0 Å². The van der Waals surface area contributed by atoms with Gasteiger partial charge in [-0.3, -0.25) is 9.59 Å². The summed E-state index contributed by atoms with van der Waals surface area (Å²) in [4.78, 5) is 25.1. The molecule has 2 N–H and O–H groups in total. The molecule has 1 aromatic rings. The highest BCUT2D eigenvalue weighted by Crippen LogP contribution is 2.17. The fourth-order valence-corrected chi connectivity index (χ4v) is 2.07. The molecule has 0 saturated carbocycles. The first-order valence-corrected chi connectivity index (χ1v) is 5.96. The molecule has 0 radical (unpaired) electrons. The highest BCUT2D eigenvalue weighted by molar-refractivity contribution is 5.97. The number of benzene rings is 1. The SMILES string of the molecule is CNc1ccc(C(=O)N2CCNC(=O)C2)cc1C. The van der Waals surface area contributed by atoms with Crippen LogP contribution in [-0.4, -0.2) is 43.4 Å². The van der Waals surface area contributed by atoms with Crippen molar-refractivity contribution >= 4 is 17.5 Å². The van der Waals surface area contributed by atoms with Gasteiger partial charge in [-0.2, -0.15) is 0 Å². The minimum absolute atomic E-state index is 0.0874. The summed E-state index contributed by atoms with van der Waals surface area (Å²) in [6, 6.07) is 5.51. The van der Waals surface area contributed by atoms with E-state index in [9.17, 15) is 9.59 Å². The van der Waals surface area contributed by atoms with Crippen molar-refractivity contribution in [2.75, 3.05) is 32.0 Å². The number of piperazine rings is 1. The fraction of sp³-hybridized carbons (Fsp3) is 0.385. The summed E-state index contributed by atoms with van der Waals surface area (Å²) in [6.07, 6.45) is 0. The fourth-order valence-electron chi connectivity index (χ4n) is 2.07. The number of anilines is 1. The summed E-state index contributed by atoms with van der Waals surface area (Å²) < 4.78 is 0. The van der Waals surface area contributed by atoms with Crippen LogP contribution in [0, 0.1) is 6.92 Å². The van der Waals surface area contributed by atoms with Crippen molar-refractivity contribution < 1.29 is 9.59 Å². The molecule has 0 aromatic heterocycles. The van der Waals surface area contributed by atoms with Gasteiger partial charge in [-0.1, -0.05) is 0 Å². The molecule has 1 saturated heterocycles. The molecule has 0 aliphatic carbocycles. The quantitative estimate of drug-likeness (QED) is 0.805. The van der Waals surface area contributed by atoms with E-state index in [0.717, 1.165) is 11.3 Å². The lowest BCUT2D eigenvalue weighted by atomic mass is 10.1. The Kier molecular flexibility index (Phi) is 3.50. The molecular formula is C13H17N3O2. The Morgan fingerprint density at radius 1 is 1.44 bits per heavy atom. The zero-order chi connectivity index (χ0) is 13.1. The molecule has 18 heavy (non-hydrogen) atoms. The summed E-state index contributed by atoms with van der Waals surface area (Å²) in [5.74, 6) is -0.186. The molecule has 5 nitrogen and oxygen atoms in total. The number of amides is 2. The van der Waals surface area contributed by atoms with Gasteiger partial charge >= 0.3 is 0 Å². The molecule has 0 bridgehead atoms. The third kappa shape index (κ3) is 2.45. The third-order valence-corrected chi connectivity index (χ3v) is 3.07. The lowest BCUT2D eigenvalue weighted by Crippen LogP contribution is -2.49. The van der Waals surface area contributed by atoms with Crippen molar-refractivity contribution in [3.63, 3.8) is 0 Å². The van der Waals surface area contributed by atoms with Gasteiger partial charge in [0.1, 0.15) is 0 Å². The Labute approximate surface area is 106 Å². The van der Waals surface area contributed by atoms with Crippen molar-refractivity contribution in [3.8, 4) is 0 Å². The molecule has 2 rings (SSSR count). The zero-order valence-electron chi connectivity index (χ0n) is 10.6. The first kappa shape index (κ1) is 12.4. The molecular weight excluding hydrogens is 230 g/mol. The smallest absolute Gasteiger partial charge is 0.254 e. The van der Waals surface area contributed by atoms with E-state index in [2.05, 4.69) is 10.6 Å². The summed E-state index contributed by atoms with van der Waals surface area (Å²) in [5, 5.41) is 5.76. The van der Waals surface area contributed by atoms with Crippen LogP contribution < -0.4 is 10.6 Å². The monoisotopic (exact) mass is 247 g/mol. The molecule has 96 valence electrons. The standard InChI is InChI=1S/C13H17N3O2/c1-9-7-10(3-4-11(9)14-2)13(18)16-6-5-15-12(17)8-16/h3-4,7,14H,5-6,8H2,1-2H3,(H,15,17). The van der Waals surface area contributed by atoms with Crippen LogP contribution in [0.2, 0.25) is 0 Å². The summed E-state index contributed by atoms with van der Waals surface area (Å²) in [7, 11) is 1.85. The van der Waals surface area contributed by atoms with Gasteiger partial charge in [-0.05, 0) is 30.7 Å². The first-order valence-electron chi connectivity index (χ1n) is 5.96. The van der Waals surface area contributed by atoms with Crippen molar-refractivity contribution in [3.05, 3.63) is 29.3 Å². The summed E-state index contributed by atoms with van der Waals surface area (Å²) in [6.45, 7) is 3.19. The van der Waals surface area contributed by atoms with Gasteiger partial charge in [-0.25, -0.2) is 0 Å². The maximum atomic E-state index is 12.2. The second-order valence-corrected chi connectivity index (χ2v) is 4.36. The molecule has 1 aliphatic rings. The van der Waals surface area contributed by atoms with Gasteiger partial charge in [0.05, 0.1) is 6.54 Å². The molecule has 0 unspecified atom stereocenters. The number of rotatable bonds is 2. The number of carbonyl (C=O) groups excluding carboxylic acids is 2. The van der Waals surface area contributed by atoms with E-state index in [4.69, 9.17) is 0 Å². The van der Waals surface area contributed by atoms with E-state index >= 15 is 0 Å². The van der Waals surface area contributed by atoms with Crippen LogP contribution in [0.5, 0.6) is 0 Å². The Bertz CT molecular complexity index is 485. The van der Waals surface area contributed by atoms with E-state index in [1.165, 1.54) is 0 Å². The lowest BCUT2D eigenvalue weighted by molar-refractivity contribution is -0.123. The van der Waals surface area contributed by atoms with E-state index in [0.29, 0.717) is 18.7 Å². The van der Waals surface area contributed by atoms with Crippen LogP contribution in [-0.2, 0) is 4.79 Å². The minimum atomic E-state index is -0.0989. The topological polar surface area (TPSA) is 61.4 Å². The Hall–Kier alpha value is -2.04. The van der Waals surface area contributed by atoms with Crippen LogP contribution in [0.3, 0.4) is 0 Å². The number of nitrogens with zero attached hydrogens (tertiary/aromatic N) is 1. The first-order chi connectivity index (χ1) is 8.61. The van der Waals surface area contributed by atoms with Gasteiger partial charge in [0.25, 0.3) is 5.91 Å². The molecule has 1 aromatic carbocycles. The number of carbonyl (C=O) groups is 2. The van der Waals surface area contributed by atoms with Gasteiger partial charge in [0.2, 0.25) is 5.91 Å². The molecule has 0 spiro atoms. The normalized spacial score (nSPS) is 15.2. The number of hydrogen-bond acceptors (Lipinski definition) is 3. The van der Waals surface area contributed by atoms with E-state index in [-0.39, 0.29) is 18.4 Å². The highest BCUT2D eigenvalue weighted by Gasteiger charge is 2.22. The Morgan fingerprint density at radius 2 is 2.22 bits per heavy atom. The minimum Gasteiger partial charge on any atom is -0.388 e. The van der Waals surface area contributed by atoms with Crippen LogP contribution >= 0.6 is 0 Å². The second-order valence-electron chi connectivity index (χ2n) is 4.36. The molecule has 1 aliphatic heterocycles. The summed E-state index contributed by atoms with van der Waals surface area (Å²) in [5.41, 5.74) is 2.65. The predicted molar refractivity (Wildman–Crippen MR) is 69.6 cm³/mol. The van der Waals surface area contributed by atoms with Crippen LogP contribution in [0.25, 0.3) is 0 Å². The summed E-state index contributed by atoms with van der Waals surface area (Å²) >= 11 is 0. The van der Waals surface area contributed by atoms with Gasteiger partial charge in [0.15, 0.2) is 0 Å². The molecule has 2 amide bonds. The van der Waals surface area contributed by atoms with Gasteiger partial charge in [-0.15, -0.1) is 0 Å². The molecule has 1 fully saturated rings. The maximum absolute atomic E-state index is 12.2. The van der Waals surface area contributed by atoms with E-state index in [1.54, 1.807) is 11.0 Å². The van der Waals surface area contributed by atoms with Gasteiger partial charge < -0.3 is 15.5 Å². The number of nitrogens with one attached hydrogen (secondary N) is 2. The Balaban J connectivity index is 2.18. The van der Waals surface area contributed by atoms with Crippen LogP contribution in [0.1, 0.15) is 15.9 Å². The number of aryl methyl sites for hydroxylation is 1. The Morgan fingerprint density at radius 3 is 2.83 bits per heavy atom. The molecule has 0 atom stereocenters. The average Bonchev–Trinajstić information content (AvgIpc) is 2.37. The maximum Gasteiger partial charge on any atom is 0.254 e. The van der Waals surface area contributed by atoms with Gasteiger partial charge in [0, 0.05) is 31.4 Å². The molecule has 5 heteroatoms. The zero-order valence-corrected chi connectivity index (χ0v) is 10.6. The van der Waals surface area contributed by atoms with Crippen molar-refractivity contribution in [2.45, 2.75) is 6.92 Å². The second kappa shape index (κ2) is 5.08. The third-order valence-electron chi connectivity index (χ3n) is 3.07. The van der Waals surface area contributed by atoms with Crippen LogP contribution in [0.4, 0.5) is 5.69 Å². The largest absolute Gasteiger partial charge is 0.388 e. The lowest BCUT2D eigenvalue weighted by Gasteiger charge is -2.26. The predicted octanol–water partition coefficient (Wildman–Crippen LogP) is 0.609.